The molecule has 150 valence electrons. The lowest BCUT2D eigenvalue weighted by Gasteiger charge is -2.27. The molecule has 0 fully saturated rings. The Morgan fingerprint density at radius 2 is 1.39 bits per heavy atom. The lowest BCUT2D eigenvalue weighted by atomic mass is 9.93. The second-order valence-corrected chi connectivity index (χ2v) is 7.27. The lowest BCUT2D eigenvalue weighted by molar-refractivity contribution is -0.384. The van der Waals surface area contributed by atoms with Crippen LogP contribution in [0.4, 0.5) is 17.1 Å². The molecule has 7 heteroatoms. The van der Waals surface area contributed by atoms with Gasteiger partial charge in [0.1, 0.15) is 0 Å². The number of benzene rings is 4. The number of carbonyl (C=O) groups excluding carboxylic acids is 2. The molecule has 0 unspecified atom stereocenters. The molecule has 0 radical (unpaired) electrons. The summed E-state index contributed by atoms with van der Waals surface area (Å²) in [5.41, 5.74) is 8.92. The highest BCUT2D eigenvalue weighted by Gasteiger charge is 2.35. The predicted molar refractivity (Wildman–Crippen MR) is 118 cm³/mol. The van der Waals surface area contributed by atoms with Gasteiger partial charge in [-0.15, -0.1) is 0 Å². The van der Waals surface area contributed by atoms with E-state index in [0.29, 0.717) is 27.7 Å². The minimum atomic E-state index is -0.586. The van der Waals surface area contributed by atoms with Gasteiger partial charge in [-0.25, -0.2) is 4.90 Å². The maximum absolute atomic E-state index is 13.2. The van der Waals surface area contributed by atoms with Gasteiger partial charge in [-0.2, -0.15) is 0 Å². The molecule has 4 aromatic carbocycles. The summed E-state index contributed by atoms with van der Waals surface area (Å²) in [5.74, 6) is -1.05. The highest BCUT2D eigenvalue weighted by atomic mass is 16.6. The van der Waals surface area contributed by atoms with E-state index >= 15 is 0 Å². The van der Waals surface area contributed by atoms with Crippen LogP contribution in [0.1, 0.15) is 20.7 Å². The number of hydrogen-bond acceptors (Lipinski definition) is 5. The molecule has 2 amide bonds. The van der Waals surface area contributed by atoms with Crippen molar-refractivity contribution in [1.29, 1.82) is 0 Å². The van der Waals surface area contributed by atoms with Crippen molar-refractivity contribution in [3.8, 4) is 11.1 Å². The van der Waals surface area contributed by atoms with Gasteiger partial charge in [0.05, 0.1) is 16.2 Å². The highest BCUT2D eigenvalue weighted by Crippen LogP contribution is 2.36. The molecule has 7 nitrogen and oxygen atoms in total. The van der Waals surface area contributed by atoms with Crippen molar-refractivity contribution in [3.05, 3.63) is 100 Å². The summed E-state index contributed by atoms with van der Waals surface area (Å²) >= 11 is 0. The van der Waals surface area contributed by atoms with Crippen LogP contribution in [-0.2, 0) is 0 Å². The second kappa shape index (κ2) is 6.77. The molecule has 31 heavy (non-hydrogen) atoms. The second-order valence-electron chi connectivity index (χ2n) is 7.27. The van der Waals surface area contributed by atoms with E-state index < -0.39 is 16.7 Å². The first-order valence-electron chi connectivity index (χ1n) is 9.50. The number of carbonyl (C=O) groups is 2. The molecule has 0 aromatic heterocycles. The van der Waals surface area contributed by atoms with E-state index in [1.165, 1.54) is 12.1 Å². The van der Waals surface area contributed by atoms with E-state index in [4.69, 9.17) is 5.73 Å². The number of nitrogen functional groups attached to an aromatic ring is 1. The van der Waals surface area contributed by atoms with Crippen molar-refractivity contribution in [3.63, 3.8) is 0 Å². The summed E-state index contributed by atoms with van der Waals surface area (Å²) < 4.78 is 0. The molecule has 0 atom stereocenters. The molecule has 4 aromatic rings. The van der Waals surface area contributed by atoms with Crippen molar-refractivity contribution in [2.24, 2.45) is 0 Å². The average Bonchev–Trinajstić information content (AvgIpc) is 2.78. The Labute approximate surface area is 176 Å². The van der Waals surface area contributed by atoms with Gasteiger partial charge in [-0.05, 0) is 46.8 Å². The van der Waals surface area contributed by atoms with E-state index in [1.54, 1.807) is 42.5 Å². The molecule has 1 aliphatic rings. The molecular weight excluding hydrogens is 394 g/mol. The first-order chi connectivity index (χ1) is 14.9. The van der Waals surface area contributed by atoms with Crippen LogP contribution in [0.3, 0.4) is 0 Å². The molecule has 0 saturated carbocycles. The predicted octanol–water partition coefficient (Wildman–Crippen LogP) is 4.80. The monoisotopic (exact) mass is 409 g/mol. The number of rotatable bonds is 3. The Morgan fingerprint density at radius 3 is 2.03 bits per heavy atom. The molecule has 2 N–H and O–H groups in total. The maximum Gasteiger partial charge on any atom is 0.270 e. The number of hydrogen-bond donors (Lipinski definition) is 1. The zero-order chi connectivity index (χ0) is 21.7. The fourth-order valence-corrected chi connectivity index (χ4v) is 3.91. The summed E-state index contributed by atoms with van der Waals surface area (Å²) in [6.45, 7) is 0. The van der Waals surface area contributed by atoms with Crippen molar-refractivity contribution >= 4 is 39.6 Å². The van der Waals surface area contributed by atoms with Gasteiger partial charge in [-0.1, -0.05) is 36.4 Å². The van der Waals surface area contributed by atoms with Crippen molar-refractivity contribution in [1.82, 2.24) is 0 Å². The van der Waals surface area contributed by atoms with Gasteiger partial charge in [-0.3, -0.25) is 19.7 Å². The SMILES string of the molecule is Nc1ccc(-c2ccc(N3C(=O)c4cccc5cc([N+](=O)[O-])cc(c45)C3=O)cc2)cc1. The Kier molecular flexibility index (Phi) is 4.04. The van der Waals surface area contributed by atoms with E-state index in [1.807, 2.05) is 24.3 Å². The minimum absolute atomic E-state index is 0.141. The van der Waals surface area contributed by atoms with Crippen molar-refractivity contribution in [2.45, 2.75) is 0 Å². The number of nitro groups is 1. The summed E-state index contributed by atoms with van der Waals surface area (Å²) in [6.07, 6.45) is 0. The number of nitro benzene ring substituents is 1. The Morgan fingerprint density at radius 1 is 0.774 bits per heavy atom. The highest BCUT2D eigenvalue weighted by molar-refractivity contribution is 6.36. The van der Waals surface area contributed by atoms with Gasteiger partial charge < -0.3 is 5.73 Å². The first kappa shape index (κ1) is 18.5. The standard InChI is InChI=1S/C24H15N3O4/c25-17-8-4-14(5-9-17)15-6-10-18(11-7-15)26-23(28)20-3-1-2-16-12-19(27(30)31)13-21(22(16)20)24(26)29/h1-13H,25H2. The molecule has 5 rings (SSSR count). The Balaban J connectivity index is 1.60. The zero-order valence-corrected chi connectivity index (χ0v) is 16.1. The Bertz CT molecular complexity index is 1390. The summed E-state index contributed by atoms with van der Waals surface area (Å²) in [6, 6.07) is 21.9. The van der Waals surface area contributed by atoms with Crippen molar-refractivity contribution < 1.29 is 14.5 Å². The van der Waals surface area contributed by atoms with Crippen LogP contribution in [0.25, 0.3) is 21.9 Å². The maximum atomic E-state index is 13.2. The zero-order valence-electron chi connectivity index (χ0n) is 16.1. The van der Waals surface area contributed by atoms with Gasteiger partial charge >= 0.3 is 0 Å². The number of nitrogens with two attached hydrogens (primary N) is 1. The first-order valence-corrected chi connectivity index (χ1v) is 9.50. The molecular formula is C24H15N3O4. The third kappa shape index (κ3) is 2.91. The number of nitrogens with zero attached hydrogens (tertiary/aromatic N) is 2. The smallest absolute Gasteiger partial charge is 0.270 e. The van der Waals surface area contributed by atoms with Crippen LogP contribution in [-0.4, -0.2) is 16.7 Å². The normalized spacial score (nSPS) is 13.0. The number of imide groups is 1. The molecule has 0 spiro atoms. The average molecular weight is 409 g/mol. The molecule has 0 bridgehead atoms. The third-order valence-electron chi connectivity index (χ3n) is 5.41. The molecule has 0 saturated heterocycles. The number of non-ortho nitro benzene ring substituents is 1. The third-order valence-corrected chi connectivity index (χ3v) is 5.41. The minimum Gasteiger partial charge on any atom is -0.399 e. The van der Waals surface area contributed by atoms with Crippen molar-refractivity contribution in [2.75, 3.05) is 10.6 Å². The van der Waals surface area contributed by atoms with E-state index in [2.05, 4.69) is 0 Å². The fourth-order valence-electron chi connectivity index (χ4n) is 3.91. The van der Waals surface area contributed by atoms with Crippen LogP contribution in [0.5, 0.6) is 0 Å². The number of amides is 2. The fraction of sp³-hybridized carbons (Fsp3) is 0. The van der Waals surface area contributed by atoms with Crippen LogP contribution in [0.2, 0.25) is 0 Å². The van der Waals surface area contributed by atoms with Gasteiger partial charge in [0, 0.05) is 28.8 Å². The lowest BCUT2D eigenvalue weighted by Crippen LogP contribution is -2.40. The van der Waals surface area contributed by atoms with Crippen LogP contribution in [0, 0.1) is 10.1 Å². The summed E-state index contributed by atoms with van der Waals surface area (Å²) in [7, 11) is 0. The summed E-state index contributed by atoms with van der Waals surface area (Å²) in [5, 5.41) is 12.3. The van der Waals surface area contributed by atoms with Gasteiger partial charge in [0.15, 0.2) is 0 Å². The largest absolute Gasteiger partial charge is 0.399 e. The van der Waals surface area contributed by atoms with Gasteiger partial charge in [0.2, 0.25) is 0 Å². The molecule has 1 heterocycles. The van der Waals surface area contributed by atoms with Crippen LogP contribution >= 0.6 is 0 Å². The Hall–Kier alpha value is -4.52. The van der Waals surface area contributed by atoms with E-state index in [0.717, 1.165) is 16.0 Å². The van der Waals surface area contributed by atoms with E-state index in [9.17, 15) is 19.7 Å². The summed E-state index contributed by atoms with van der Waals surface area (Å²) in [4.78, 5) is 38.3. The van der Waals surface area contributed by atoms with Crippen LogP contribution in [0.15, 0.2) is 78.9 Å². The quantitative estimate of drug-likeness (QED) is 0.226. The number of anilines is 2. The van der Waals surface area contributed by atoms with Gasteiger partial charge in [0.25, 0.3) is 17.5 Å². The molecule has 1 aliphatic heterocycles. The molecule has 0 aliphatic carbocycles. The van der Waals surface area contributed by atoms with E-state index in [-0.39, 0.29) is 11.3 Å². The topological polar surface area (TPSA) is 107 Å². The van der Waals surface area contributed by atoms with Crippen LogP contribution < -0.4 is 10.6 Å².